The highest BCUT2D eigenvalue weighted by Gasteiger charge is 2.04. The second kappa shape index (κ2) is 3.57. The molecule has 0 aliphatic rings. The molecule has 0 unspecified atom stereocenters. The molecule has 1 aromatic heterocycles. The molecule has 1 heterocycles. The Hall–Kier alpha value is -1.05. The summed E-state index contributed by atoms with van der Waals surface area (Å²) in [6.45, 7) is 6.33. The first kappa shape index (κ1) is 9.04. The van der Waals surface area contributed by atoms with E-state index < -0.39 is 0 Å². The maximum absolute atomic E-state index is 5.86. The molecule has 2 heteroatoms. The van der Waals surface area contributed by atoms with Gasteiger partial charge in [-0.15, -0.1) is 0 Å². The van der Waals surface area contributed by atoms with E-state index in [0.29, 0.717) is 5.92 Å². The van der Waals surface area contributed by atoms with E-state index in [2.05, 4.69) is 25.8 Å². The van der Waals surface area contributed by atoms with Gasteiger partial charge in [0.25, 0.3) is 0 Å². The summed E-state index contributed by atoms with van der Waals surface area (Å²) in [5, 5.41) is 0. The van der Waals surface area contributed by atoms with Crippen LogP contribution >= 0.6 is 0 Å². The Labute approximate surface area is 73.8 Å². The molecular weight excluding hydrogens is 148 g/mol. The van der Waals surface area contributed by atoms with Crippen molar-refractivity contribution in [3.63, 3.8) is 0 Å². The number of hydrogen-bond acceptors (Lipinski definition) is 2. The van der Waals surface area contributed by atoms with Crippen LogP contribution in [0.1, 0.15) is 37.9 Å². The van der Waals surface area contributed by atoms with Crippen LogP contribution in [0.2, 0.25) is 0 Å². The Balaban J connectivity index is 3.03. The summed E-state index contributed by atoms with van der Waals surface area (Å²) < 4.78 is 0. The summed E-state index contributed by atoms with van der Waals surface area (Å²) in [4.78, 5) is 4.30. The minimum Gasteiger partial charge on any atom is -0.398 e. The quantitative estimate of drug-likeness (QED) is 0.728. The lowest BCUT2D eigenvalue weighted by atomic mass is 10.0. The van der Waals surface area contributed by atoms with Crippen molar-refractivity contribution in [2.75, 3.05) is 5.73 Å². The maximum Gasteiger partial charge on any atom is 0.0421 e. The summed E-state index contributed by atoms with van der Waals surface area (Å²) in [6, 6.07) is 1.97. The third-order valence-electron chi connectivity index (χ3n) is 2.01. The zero-order chi connectivity index (χ0) is 9.14. The molecule has 2 nitrogen and oxygen atoms in total. The lowest BCUT2D eigenvalue weighted by Crippen LogP contribution is -1.99. The van der Waals surface area contributed by atoms with E-state index in [1.807, 2.05) is 12.3 Å². The molecule has 0 aliphatic carbocycles. The molecule has 0 bridgehead atoms. The third-order valence-corrected chi connectivity index (χ3v) is 2.01. The van der Waals surface area contributed by atoms with E-state index in [1.165, 1.54) is 0 Å². The van der Waals surface area contributed by atoms with Crippen LogP contribution in [0.25, 0.3) is 0 Å². The van der Waals surface area contributed by atoms with Gasteiger partial charge in [0.2, 0.25) is 0 Å². The summed E-state index contributed by atoms with van der Waals surface area (Å²) in [6.07, 6.45) is 2.83. The van der Waals surface area contributed by atoms with E-state index in [4.69, 9.17) is 5.73 Å². The van der Waals surface area contributed by atoms with Crippen LogP contribution in [0.4, 0.5) is 5.69 Å². The van der Waals surface area contributed by atoms with Gasteiger partial charge >= 0.3 is 0 Å². The van der Waals surface area contributed by atoms with Crippen molar-refractivity contribution < 1.29 is 0 Å². The molecule has 0 amide bonds. The average molecular weight is 164 g/mol. The summed E-state index contributed by atoms with van der Waals surface area (Å²) in [5.41, 5.74) is 8.94. The molecule has 66 valence electrons. The number of rotatable bonds is 2. The van der Waals surface area contributed by atoms with Gasteiger partial charge < -0.3 is 5.73 Å². The number of nitrogen functional groups attached to an aromatic ring is 1. The fraction of sp³-hybridized carbons (Fsp3) is 0.500. The molecule has 0 saturated carbocycles. The van der Waals surface area contributed by atoms with Gasteiger partial charge in [-0.1, -0.05) is 20.8 Å². The van der Waals surface area contributed by atoms with Gasteiger partial charge in [-0.2, -0.15) is 0 Å². The first-order valence-corrected chi connectivity index (χ1v) is 4.39. The van der Waals surface area contributed by atoms with Gasteiger partial charge in [0.15, 0.2) is 0 Å². The first-order chi connectivity index (χ1) is 5.65. The lowest BCUT2D eigenvalue weighted by Gasteiger charge is -2.09. The number of nitrogens with two attached hydrogens (primary N) is 1. The lowest BCUT2D eigenvalue weighted by molar-refractivity contribution is 0.855. The van der Waals surface area contributed by atoms with Crippen molar-refractivity contribution >= 4 is 5.69 Å². The molecule has 0 fully saturated rings. The SMILES string of the molecule is CCc1cc(N)c(C(C)C)cn1. The minimum absolute atomic E-state index is 0.461. The fourth-order valence-electron chi connectivity index (χ4n) is 1.20. The molecule has 1 aromatic rings. The minimum atomic E-state index is 0.461. The second-order valence-corrected chi connectivity index (χ2v) is 3.31. The van der Waals surface area contributed by atoms with Crippen molar-refractivity contribution in [1.29, 1.82) is 0 Å². The van der Waals surface area contributed by atoms with Gasteiger partial charge in [-0.3, -0.25) is 4.98 Å². The number of aromatic nitrogens is 1. The molecular formula is C10H16N2. The van der Waals surface area contributed by atoms with Gasteiger partial charge in [0, 0.05) is 17.6 Å². The van der Waals surface area contributed by atoms with Crippen molar-refractivity contribution in [3.05, 3.63) is 23.5 Å². The third kappa shape index (κ3) is 1.76. The molecule has 0 spiro atoms. The number of aryl methyl sites for hydroxylation is 1. The Morgan fingerprint density at radius 2 is 2.17 bits per heavy atom. The molecule has 1 rings (SSSR count). The highest BCUT2D eigenvalue weighted by atomic mass is 14.7. The van der Waals surface area contributed by atoms with Gasteiger partial charge in [-0.05, 0) is 24.0 Å². The number of anilines is 1. The van der Waals surface area contributed by atoms with Crippen LogP contribution in [0.5, 0.6) is 0 Å². The smallest absolute Gasteiger partial charge is 0.0421 e. The zero-order valence-electron chi connectivity index (χ0n) is 7.96. The molecule has 2 N–H and O–H groups in total. The van der Waals surface area contributed by atoms with Crippen LogP contribution in [0, 0.1) is 0 Å². The largest absolute Gasteiger partial charge is 0.398 e. The predicted molar refractivity (Wildman–Crippen MR) is 52.1 cm³/mol. The Morgan fingerprint density at radius 3 is 2.58 bits per heavy atom. The van der Waals surface area contributed by atoms with Crippen molar-refractivity contribution in [1.82, 2.24) is 4.98 Å². The van der Waals surface area contributed by atoms with Crippen LogP contribution in [-0.4, -0.2) is 4.98 Å². The van der Waals surface area contributed by atoms with Crippen LogP contribution < -0.4 is 5.73 Å². The second-order valence-electron chi connectivity index (χ2n) is 3.31. The molecule has 0 atom stereocenters. The highest BCUT2D eigenvalue weighted by molar-refractivity contribution is 5.47. The standard InChI is InChI=1S/C10H16N2/c1-4-8-5-10(11)9(6-12-8)7(2)3/h5-7H,4H2,1-3H3,(H2,11,12). The Bertz CT molecular complexity index is 267. The average Bonchev–Trinajstić information content (AvgIpc) is 2.03. The highest BCUT2D eigenvalue weighted by Crippen LogP contribution is 2.20. The monoisotopic (exact) mass is 164 g/mol. The molecule has 0 aromatic carbocycles. The van der Waals surface area contributed by atoms with Crippen molar-refractivity contribution in [2.24, 2.45) is 0 Å². The van der Waals surface area contributed by atoms with Crippen LogP contribution in [0.3, 0.4) is 0 Å². The zero-order valence-corrected chi connectivity index (χ0v) is 7.96. The van der Waals surface area contributed by atoms with E-state index in [1.54, 1.807) is 0 Å². The van der Waals surface area contributed by atoms with E-state index >= 15 is 0 Å². The van der Waals surface area contributed by atoms with E-state index in [-0.39, 0.29) is 0 Å². The molecule has 0 radical (unpaired) electrons. The van der Waals surface area contributed by atoms with Gasteiger partial charge in [0.1, 0.15) is 0 Å². The summed E-state index contributed by atoms with van der Waals surface area (Å²) in [7, 11) is 0. The predicted octanol–water partition coefficient (Wildman–Crippen LogP) is 2.35. The number of nitrogens with zero attached hydrogens (tertiary/aromatic N) is 1. The first-order valence-electron chi connectivity index (χ1n) is 4.39. The Morgan fingerprint density at radius 1 is 1.50 bits per heavy atom. The summed E-state index contributed by atoms with van der Waals surface area (Å²) in [5.74, 6) is 0.461. The van der Waals surface area contributed by atoms with Crippen LogP contribution in [-0.2, 0) is 6.42 Å². The van der Waals surface area contributed by atoms with E-state index in [0.717, 1.165) is 23.4 Å². The van der Waals surface area contributed by atoms with Crippen LogP contribution in [0.15, 0.2) is 12.3 Å². The topological polar surface area (TPSA) is 38.9 Å². The normalized spacial score (nSPS) is 10.7. The van der Waals surface area contributed by atoms with Gasteiger partial charge in [-0.25, -0.2) is 0 Å². The van der Waals surface area contributed by atoms with Crippen molar-refractivity contribution in [3.8, 4) is 0 Å². The summed E-state index contributed by atoms with van der Waals surface area (Å²) >= 11 is 0. The fourth-order valence-corrected chi connectivity index (χ4v) is 1.20. The van der Waals surface area contributed by atoms with E-state index in [9.17, 15) is 0 Å². The number of pyridine rings is 1. The molecule has 0 aliphatic heterocycles. The molecule has 12 heavy (non-hydrogen) atoms. The Kier molecular flexibility index (Phi) is 2.69. The van der Waals surface area contributed by atoms with Gasteiger partial charge in [0.05, 0.1) is 0 Å². The maximum atomic E-state index is 5.86. The molecule has 0 saturated heterocycles. The van der Waals surface area contributed by atoms with Crippen molar-refractivity contribution in [2.45, 2.75) is 33.1 Å². The number of hydrogen-bond donors (Lipinski definition) is 1.